The molecule has 3 N–H and O–H groups in total. The van der Waals surface area contributed by atoms with E-state index in [-0.39, 0.29) is 11.8 Å². The number of nitrogens with one attached hydrogen (secondary N) is 1. The molecule has 0 radical (unpaired) electrons. The number of nitrogens with two attached hydrogens (primary N) is 1. The van der Waals surface area contributed by atoms with Crippen LogP contribution in [0.2, 0.25) is 0 Å². The third-order valence-corrected chi connectivity index (χ3v) is 3.23. The Hall–Kier alpha value is -1.88. The monoisotopic (exact) mass is 277 g/mol. The molecule has 1 rings (SSSR count). The van der Waals surface area contributed by atoms with Crippen LogP contribution < -0.4 is 11.1 Å². The van der Waals surface area contributed by atoms with Gasteiger partial charge >= 0.3 is 0 Å². The lowest BCUT2D eigenvalue weighted by Crippen LogP contribution is -2.43. The van der Waals surface area contributed by atoms with E-state index in [4.69, 9.17) is 5.73 Å². The van der Waals surface area contributed by atoms with E-state index in [1.165, 1.54) is 10.5 Å². The normalized spacial score (nSPS) is 11.8. The average Bonchev–Trinajstić information content (AvgIpc) is 2.49. The fourth-order valence-corrected chi connectivity index (χ4v) is 1.88. The van der Waals surface area contributed by atoms with Crippen LogP contribution in [-0.4, -0.2) is 43.4 Å². The first kappa shape index (κ1) is 16.2. The van der Waals surface area contributed by atoms with E-state index in [1.807, 2.05) is 30.3 Å². The molecule has 5 nitrogen and oxygen atoms in total. The highest BCUT2D eigenvalue weighted by Crippen LogP contribution is 2.05. The molecule has 110 valence electrons. The van der Waals surface area contributed by atoms with Crippen LogP contribution in [0.1, 0.15) is 18.4 Å². The van der Waals surface area contributed by atoms with Gasteiger partial charge in [0, 0.05) is 27.1 Å². The predicted molar refractivity (Wildman–Crippen MR) is 79.1 cm³/mol. The highest BCUT2D eigenvalue weighted by atomic mass is 16.2. The maximum absolute atomic E-state index is 12.0. The van der Waals surface area contributed by atoms with E-state index in [9.17, 15) is 9.59 Å². The highest BCUT2D eigenvalue weighted by Gasteiger charge is 2.18. The molecular weight excluding hydrogens is 254 g/mol. The zero-order valence-corrected chi connectivity index (χ0v) is 12.1. The summed E-state index contributed by atoms with van der Waals surface area (Å²) >= 11 is 0. The van der Waals surface area contributed by atoms with Crippen molar-refractivity contribution in [2.45, 2.75) is 25.3 Å². The fraction of sp³-hybridized carbons (Fsp3) is 0.467. The van der Waals surface area contributed by atoms with E-state index in [0.29, 0.717) is 19.4 Å². The zero-order chi connectivity index (χ0) is 15.0. The van der Waals surface area contributed by atoms with Crippen LogP contribution in [0.3, 0.4) is 0 Å². The lowest BCUT2D eigenvalue weighted by Gasteiger charge is -2.21. The average molecular weight is 277 g/mol. The standard InChI is InChI=1S/C15H23N3O2/c1-17-14(19)10-11-18(2)15(20)13(16)9-8-12-6-4-3-5-7-12/h3-7,13H,8-11,16H2,1-2H3,(H,17,19). The molecule has 0 saturated carbocycles. The van der Waals surface area contributed by atoms with Gasteiger partial charge < -0.3 is 16.0 Å². The van der Waals surface area contributed by atoms with Crippen LogP contribution in [0.15, 0.2) is 30.3 Å². The van der Waals surface area contributed by atoms with Crippen LogP contribution in [0.5, 0.6) is 0 Å². The van der Waals surface area contributed by atoms with E-state index in [1.54, 1.807) is 14.1 Å². The molecule has 0 spiro atoms. The van der Waals surface area contributed by atoms with Gasteiger partial charge in [0.25, 0.3) is 0 Å². The number of hydrogen-bond acceptors (Lipinski definition) is 3. The van der Waals surface area contributed by atoms with Crippen LogP contribution >= 0.6 is 0 Å². The van der Waals surface area contributed by atoms with Crippen molar-refractivity contribution in [2.24, 2.45) is 5.73 Å². The van der Waals surface area contributed by atoms with E-state index in [2.05, 4.69) is 5.32 Å². The number of carbonyl (C=O) groups is 2. The minimum Gasteiger partial charge on any atom is -0.359 e. The molecule has 0 aliphatic rings. The van der Waals surface area contributed by atoms with Crippen molar-refractivity contribution in [1.82, 2.24) is 10.2 Å². The molecule has 0 aliphatic heterocycles. The molecule has 1 aromatic rings. The summed E-state index contributed by atoms with van der Waals surface area (Å²) in [5, 5.41) is 2.53. The second-order valence-corrected chi connectivity index (χ2v) is 4.81. The highest BCUT2D eigenvalue weighted by molar-refractivity contribution is 5.82. The third-order valence-electron chi connectivity index (χ3n) is 3.23. The van der Waals surface area contributed by atoms with E-state index in [0.717, 1.165) is 6.42 Å². The van der Waals surface area contributed by atoms with Gasteiger partial charge in [0.2, 0.25) is 11.8 Å². The first-order chi connectivity index (χ1) is 9.54. The number of likely N-dealkylation sites (N-methyl/N-ethyl adjacent to an activating group) is 1. The SMILES string of the molecule is CNC(=O)CCN(C)C(=O)C(N)CCc1ccccc1. The molecule has 0 aliphatic carbocycles. The summed E-state index contributed by atoms with van der Waals surface area (Å²) in [6.07, 6.45) is 1.67. The molecule has 0 aromatic heterocycles. The predicted octanol–water partition coefficient (Wildman–Crippen LogP) is 0.541. The maximum atomic E-state index is 12.0. The number of carbonyl (C=O) groups excluding carboxylic acids is 2. The quantitative estimate of drug-likeness (QED) is 0.764. The molecule has 1 aromatic carbocycles. The number of nitrogens with zero attached hydrogens (tertiary/aromatic N) is 1. The summed E-state index contributed by atoms with van der Waals surface area (Å²) in [6.45, 7) is 0.386. The van der Waals surface area contributed by atoms with Crippen molar-refractivity contribution >= 4 is 11.8 Å². The van der Waals surface area contributed by atoms with E-state index < -0.39 is 6.04 Å². The Balaban J connectivity index is 2.36. The molecular formula is C15H23N3O2. The van der Waals surface area contributed by atoms with E-state index >= 15 is 0 Å². The van der Waals surface area contributed by atoms with Gasteiger partial charge in [-0.05, 0) is 18.4 Å². The number of rotatable bonds is 7. The van der Waals surface area contributed by atoms with Gasteiger partial charge in [-0.25, -0.2) is 0 Å². The summed E-state index contributed by atoms with van der Waals surface area (Å²) < 4.78 is 0. The summed E-state index contributed by atoms with van der Waals surface area (Å²) in [5.74, 6) is -0.202. The number of benzene rings is 1. The lowest BCUT2D eigenvalue weighted by molar-refractivity contribution is -0.132. The molecule has 2 amide bonds. The van der Waals surface area contributed by atoms with Gasteiger partial charge in [-0.15, -0.1) is 0 Å². The second-order valence-electron chi connectivity index (χ2n) is 4.81. The Kier molecular flexibility index (Phi) is 6.73. The molecule has 5 heteroatoms. The first-order valence-corrected chi connectivity index (χ1v) is 6.79. The number of aryl methyl sites for hydroxylation is 1. The smallest absolute Gasteiger partial charge is 0.239 e. The Bertz CT molecular complexity index is 434. The van der Waals surface area contributed by atoms with Crippen molar-refractivity contribution < 1.29 is 9.59 Å². The van der Waals surface area contributed by atoms with Crippen molar-refractivity contribution in [3.63, 3.8) is 0 Å². The second kappa shape index (κ2) is 8.32. The Morgan fingerprint density at radius 2 is 1.95 bits per heavy atom. The summed E-state index contributed by atoms with van der Waals surface area (Å²) in [7, 11) is 3.25. The largest absolute Gasteiger partial charge is 0.359 e. The Morgan fingerprint density at radius 1 is 1.30 bits per heavy atom. The van der Waals surface area contributed by atoms with Crippen LogP contribution in [-0.2, 0) is 16.0 Å². The van der Waals surface area contributed by atoms with Crippen molar-refractivity contribution in [1.29, 1.82) is 0 Å². The molecule has 1 atom stereocenters. The van der Waals surface area contributed by atoms with Gasteiger partial charge in [0.05, 0.1) is 6.04 Å². The van der Waals surface area contributed by atoms with Crippen LogP contribution in [0, 0.1) is 0 Å². The molecule has 0 bridgehead atoms. The molecule has 20 heavy (non-hydrogen) atoms. The first-order valence-electron chi connectivity index (χ1n) is 6.79. The lowest BCUT2D eigenvalue weighted by atomic mass is 10.1. The minimum atomic E-state index is -0.523. The van der Waals surface area contributed by atoms with Crippen molar-refractivity contribution in [2.75, 3.05) is 20.6 Å². The fourth-order valence-electron chi connectivity index (χ4n) is 1.88. The topological polar surface area (TPSA) is 75.4 Å². The molecule has 0 fully saturated rings. The minimum absolute atomic E-state index is 0.0810. The van der Waals surface area contributed by atoms with Gasteiger partial charge in [-0.3, -0.25) is 9.59 Å². The molecule has 0 saturated heterocycles. The van der Waals surface area contributed by atoms with Gasteiger partial charge in [-0.1, -0.05) is 30.3 Å². The van der Waals surface area contributed by atoms with Gasteiger partial charge in [0.15, 0.2) is 0 Å². The zero-order valence-electron chi connectivity index (χ0n) is 12.1. The number of amides is 2. The summed E-state index contributed by atoms with van der Waals surface area (Å²) in [4.78, 5) is 24.7. The maximum Gasteiger partial charge on any atom is 0.239 e. The number of hydrogen-bond donors (Lipinski definition) is 2. The summed E-state index contributed by atoms with van der Waals surface area (Å²) in [6, 6.07) is 9.42. The van der Waals surface area contributed by atoms with Gasteiger partial charge in [-0.2, -0.15) is 0 Å². The third kappa shape index (κ3) is 5.40. The Labute approximate surface area is 120 Å². The molecule has 0 heterocycles. The van der Waals surface area contributed by atoms with Crippen molar-refractivity contribution in [3.05, 3.63) is 35.9 Å². The van der Waals surface area contributed by atoms with Crippen molar-refractivity contribution in [3.8, 4) is 0 Å². The van der Waals surface area contributed by atoms with Gasteiger partial charge in [0.1, 0.15) is 0 Å². The molecule has 1 unspecified atom stereocenters. The van der Waals surface area contributed by atoms with Crippen LogP contribution in [0.4, 0.5) is 0 Å². The summed E-state index contributed by atoms with van der Waals surface area (Å²) in [5.41, 5.74) is 7.08. The van der Waals surface area contributed by atoms with Crippen LogP contribution in [0.25, 0.3) is 0 Å². The Morgan fingerprint density at radius 3 is 2.55 bits per heavy atom.